The Kier molecular flexibility index (Phi) is 2.70. The summed E-state index contributed by atoms with van der Waals surface area (Å²) in [7, 11) is 0. The summed E-state index contributed by atoms with van der Waals surface area (Å²) in [6, 6.07) is 0. The molecule has 116 valence electrons. The molecule has 0 spiro atoms. The molecule has 2 fully saturated rings. The molecule has 1 aliphatic heterocycles. The van der Waals surface area contributed by atoms with E-state index in [1.165, 1.54) is 17.3 Å². The van der Waals surface area contributed by atoms with Crippen molar-refractivity contribution in [1.82, 2.24) is 19.9 Å². The first-order valence-electron chi connectivity index (χ1n) is 7.57. The van der Waals surface area contributed by atoms with Crippen molar-refractivity contribution in [3.8, 4) is 0 Å². The Bertz CT molecular complexity index is 682. The smallest absolute Gasteiger partial charge is 0.325 e. The molecule has 0 radical (unpaired) electrons. The van der Waals surface area contributed by atoms with Gasteiger partial charge in [-0.3, -0.25) is 9.59 Å². The van der Waals surface area contributed by atoms with Crippen LogP contribution in [0.25, 0.3) is 0 Å². The van der Waals surface area contributed by atoms with Crippen molar-refractivity contribution >= 4 is 11.9 Å². The van der Waals surface area contributed by atoms with Crippen LogP contribution in [-0.2, 0) is 11.3 Å². The second-order valence-electron chi connectivity index (χ2n) is 6.88. The van der Waals surface area contributed by atoms with Crippen LogP contribution in [0.2, 0.25) is 0 Å². The van der Waals surface area contributed by atoms with E-state index in [2.05, 4.69) is 29.4 Å². The molecule has 1 aromatic heterocycles. The topological polar surface area (TPSA) is 88.3 Å². The van der Waals surface area contributed by atoms with Crippen LogP contribution in [0.1, 0.15) is 23.8 Å². The van der Waals surface area contributed by atoms with E-state index in [4.69, 9.17) is 5.11 Å². The Morgan fingerprint density at radius 1 is 1.45 bits per heavy atom. The Morgan fingerprint density at radius 3 is 3.00 bits per heavy atom. The average Bonchev–Trinajstić information content (AvgIpc) is 3.16. The molecule has 1 aromatic rings. The first-order valence-corrected chi connectivity index (χ1v) is 7.57. The molecule has 4 atom stereocenters. The molecule has 1 N–H and O–H groups in total. The Hall–Kier alpha value is -2.18. The molecular formula is C15H18N4O3. The van der Waals surface area contributed by atoms with Crippen LogP contribution in [0.4, 0.5) is 0 Å². The largest absolute Gasteiger partial charge is 0.480 e. The quantitative estimate of drug-likeness (QED) is 0.828. The zero-order chi connectivity index (χ0) is 15.5. The lowest BCUT2D eigenvalue weighted by molar-refractivity contribution is -0.137. The van der Waals surface area contributed by atoms with E-state index >= 15 is 0 Å². The van der Waals surface area contributed by atoms with Crippen molar-refractivity contribution < 1.29 is 14.7 Å². The standard InChI is InChI=1S/C15H18N4O3/c1-15-8-18(5-11(15)9-2-3-10(15)4-9)14(22)12-6-19(17-16-12)7-13(20)21/h2-3,6,9-11H,4-5,7-8H2,1H3,(H,20,21)/t9-,10+,11-,15+/m0/s1. The zero-order valence-electron chi connectivity index (χ0n) is 12.3. The highest BCUT2D eigenvalue weighted by Gasteiger charge is 2.58. The van der Waals surface area contributed by atoms with Gasteiger partial charge in [-0.05, 0) is 29.6 Å². The molecule has 7 heteroatoms. The minimum atomic E-state index is -1.00. The van der Waals surface area contributed by atoms with Crippen LogP contribution in [0.15, 0.2) is 18.3 Å². The number of aliphatic carboxylic acids is 1. The molecule has 22 heavy (non-hydrogen) atoms. The third kappa shape index (κ3) is 1.81. The summed E-state index contributed by atoms with van der Waals surface area (Å²) in [5.41, 5.74) is 0.400. The number of amides is 1. The molecule has 1 amide bonds. The van der Waals surface area contributed by atoms with Crippen molar-refractivity contribution in [2.24, 2.45) is 23.2 Å². The molecule has 3 aliphatic rings. The molecular weight excluding hydrogens is 284 g/mol. The lowest BCUT2D eigenvalue weighted by Crippen LogP contribution is -2.33. The van der Waals surface area contributed by atoms with Crippen LogP contribution < -0.4 is 0 Å². The van der Waals surface area contributed by atoms with Gasteiger partial charge in [-0.1, -0.05) is 24.3 Å². The SMILES string of the molecule is C[C@]12CN(C(=O)c3cn(CC(=O)O)nn3)C[C@H]1[C@H]1C=C[C@@H]2C1. The van der Waals surface area contributed by atoms with Gasteiger partial charge in [0.25, 0.3) is 5.91 Å². The number of carbonyl (C=O) groups is 2. The summed E-state index contributed by atoms with van der Waals surface area (Å²) >= 11 is 0. The van der Waals surface area contributed by atoms with Gasteiger partial charge in [0.2, 0.25) is 0 Å². The lowest BCUT2D eigenvalue weighted by Gasteiger charge is -2.31. The molecule has 1 saturated carbocycles. The lowest BCUT2D eigenvalue weighted by atomic mass is 9.72. The molecule has 7 nitrogen and oxygen atoms in total. The number of carboxylic acid groups (broad SMARTS) is 1. The third-order valence-corrected chi connectivity index (χ3v) is 5.62. The summed E-state index contributed by atoms with van der Waals surface area (Å²) in [6.07, 6.45) is 7.24. The van der Waals surface area contributed by atoms with Crippen molar-refractivity contribution in [2.75, 3.05) is 13.1 Å². The second-order valence-corrected chi connectivity index (χ2v) is 6.88. The minimum Gasteiger partial charge on any atom is -0.480 e. The van der Waals surface area contributed by atoms with Crippen LogP contribution in [0, 0.1) is 23.2 Å². The second kappa shape index (κ2) is 4.41. The van der Waals surface area contributed by atoms with E-state index in [0.29, 0.717) is 17.8 Å². The van der Waals surface area contributed by atoms with Gasteiger partial charge in [0.15, 0.2) is 5.69 Å². The highest BCUT2D eigenvalue weighted by Crippen LogP contribution is 2.59. The maximum atomic E-state index is 12.6. The molecule has 2 bridgehead atoms. The van der Waals surface area contributed by atoms with E-state index < -0.39 is 5.97 Å². The fourth-order valence-electron chi connectivity index (χ4n) is 4.50. The van der Waals surface area contributed by atoms with Crippen LogP contribution in [0.3, 0.4) is 0 Å². The van der Waals surface area contributed by atoms with Crippen molar-refractivity contribution in [3.63, 3.8) is 0 Å². The number of likely N-dealkylation sites (tertiary alicyclic amines) is 1. The fourth-order valence-corrected chi connectivity index (χ4v) is 4.50. The van der Waals surface area contributed by atoms with Gasteiger partial charge < -0.3 is 10.0 Å². The van der Waals surface area contributed by atoms with Gasteiger partial charge in [0.1, 0.15) is 6.54 Å². The van der Waals surface area contributed by atoms with E-state index in [9.17, 15) is 9.59 Å². The highest BCUT2D eigenvalue weighted by molar-refractivity contribution is 5.92. The van der Waals surface area contributed by atoms with Crippen LogP contribution in [0.5, 0.6) is 0 Å². The first-order chi connectivity index (χ1) is 10.5. The predicted octanol–water partition coefficient (Wildman–Crippen LogP) is 0.647. The summed E-state index contributed by atoms with van der Waals surface area (Å²) in [5, 5.41) is 16.3. The van der Waals surface area contributed by atoms with Crippen LogP contribution in [-0.4, -0.2) is 50.0 Å². The normalized spacial score (nSPS) is 35.1. The number of carbonyl (C=O) groups excluding carboxylic acids is 1. The first kappa shape index (κ1) is 13.5. The zero-order valence-corrected chi connectivity index (χ0v) is 12.3. The van der Waals surface area contributed by atoms with E-state index in [1.807, 2.05) is 4.90 Å². The summed E-state index contributed by atoms with van der Waals surface area (Å²) in [4.78, 5) is 25.1. The fraction of sp³-hybridized carbons (Fsp3) is 0.600. The van der Waals surface area contributed by atoms with Crippen molar-refractivity contribution in [2.45, 2.75) is 19.9 Å². The maximum Gasteiger partial charge on any atom is 0.325 e. The summed E-state index contributed by atoms with van der Waals surface area (Å²) in [5.74, 6) is 0.542. The average molecular weight is 302 g/mol. The number of carboxylic acids is 1. The van der Waals surface area contributed by atoms with E-state index in [1.54, 1.807) is 0 Å². The van der Waals surface area contributed by atoms with Gasteiger partial charge in [-0.25, -0.2) is 4.68 Å². The number of fused-ring (bicyclic) bond motifs is 5. The summed E-state index contributed by atoms with van der Waals surface area (Å²) in [6.45, 7) is 3.50. The van der Waals surface area contributed by atoms with Gasteiger partial charge >= 0.3 is 5.97 Å². The van der Waals surface area contributed by atoms with Gasteiger partial charge in [-0.15, -0.1) is 5.10 Å². The van der Waals surface area contributed by atoms with Crippen LogP contribution >= 0.6 is 0 Å². The molecule has 2 heterocycles. The number of rotatable bonds is 3. The molecule has 1 saturated heterocycles. The maximum absolute atomic E-state index is 12.6. The number of allylic oxidation sites excluding steroid dienone is 2. The van der Waals surface area contributed by atoms with Crippen molar-refractivity contribution in [1.29, 1.82) is 0 Å². The number of hydrogen-bond acceptors (Lipinski definition) is 4. The van der Waals surface area contributed by atoms with Gasteiger partial charge in [0, 0.05) is 13.1 Å². The highest BCUT2D eigenvalue weighted by atomic mass is 16.4. The van der Waals surface area contributed by atoms with Gasteiger partial charge in [-0.2, -0.15) is 0 Å². The van der Waals surface area contributed by atoms with Crippen molar-refractivity contribution in [3.05, 3.63) is 24.0 Å². The Balaban J connectivity index is 1.51. The Labute approximate surface area is 127 Å². The number of aromatic nitrogens is 3. The minimum absolute atomic E-state index is 0.147. The molecule has 2 aliphatic carbocycles. The monoisotopic (exact) mass is 302 g/mol. The van der Waals surface area contributed by atoms with E-state index in [0.717, 1.165) is 13.1 Å². The Morgan fingerprint density at radius 2 is 2.27 bits per heavy atom. The molecule has 0 aromatic carbocycles. The van der Waals surface area contributed by atoms with E-state index in [-0.39, 0.29) is 23.6 Å². The summed E-state index contributed by atoms with van der Waals surface area (Å²) < 4.78 is 1.18. The molecule has 0 unspecified atom stereocenters. The third-order valence-electron chi connectivity index (χ3n) is 5.62. The number of nitrogens with zero attached hydrogens (tertiary/aromatic N) is 4. The molecule has 4 rings (SSSR count). The van der Waals surface area contributed by atoms with Gasteiger partial charge in [0.05, 0.1) is 6.20 Å². The number of hydrogen-bond donors (Lipinski definition) is 1. The predicted molar refractivity (Wildman–Crippen MR) is 75.9 cm³/mol.